The Morgan fingerprint density at radius 2 is 1.12 bits per heavy atom. The van der Waals surface area contributed by atoms with E-state index >= 15 is 0 Å². The Labute approximate surface area is 295 Å². The summed E-state index contributed by atoms with van der Waals surface area (Å²) in [5, 5.41) is 10.5. The molecule has 3 aromatic heterocycles. The van der Waals surface area contributed by atoms with Crippen molar-refractivity contribution in [3.63, 3.8) is 0 Å². The molecule has 0 radical (unpaired) electrons. The highest BCUT2D eigenvalue weighted by Gasteiger charge is 2.24. The number of thiophene rings is 1. The molecular weight excluding hydrogens is 647 g/mol. The molecule has 6 heteroatoms. The van der Waals surface area contributed by atoms with E-state index in [0.717, 1.165) is 72.0 Å². The van der Waals surface area contributed by atoms with Gasteiger partial charge in [-0.15, -0.1) is 11.3 Å². The van der Waals surface area contributed by atoms with E-state index in [9.17, 15) is 0 Å². The van der Waals surface area contributed by atoms with Crippen LogP contribution in [0.4, 0.5) is 0 Å². The van der Waals surface area contributed by atoms with E-state index in [-0.39, 0.29) is 6.17 Å². The standard InChI is InChI=1S/C45H27N3O2S/c1-2-11-26(12-3-1)43-46-44(48-45(47-43)35-20-9-16-31-29-14-5-7-22-38(29)50-41(31)35)27-23-24-39-36(25-27)34-19-10-18-33(42(34)51-39)32-17-8-15-30-28-13-4-6-21-37(28)49-40(30)32/h1-25,43H,(H,46,47,48). The summed E-state index contributed by atoms with van der Waals surface area (Å²) < 4.78 is 15.3. The van der Waals surface area contributed by atoms with Crippen LogP contribution < -0.4 is 5.32 Å². The summed E-state index contributed by atoms with van der Waals surface area (Å²) in [6, 6.07) is 52.6. The molecule has 1 unspecified atom stereocenters. The zero-order valence-electron chi connectivity index (χ0n) is 27.1. The van der Waals surface area contributed by atoms with E-state index in [1.807, 2.05) is 59.9 Å². The van der Waals surface area contributed by atoms with Crippen LogP contribution in [-0.2, 0) is 0 Å². The molecule has 51 heavy (non-hydrogen) atoms. The number of hydrogen-bond acceptors (Lipinski definition) is 6. The highest BCUT2D eigenvalue weighted by atomic mass is 32.1. The minimum Gasteiger partial charge on any atom is -0.455 e. The van der Waals surface area contributed by atoms with Gasteiger partial charge in [0, 0.05) is 58.4 Å². The second-order valence-corrected chi connectivity index (χ2v) is 14.0. The molecule has 240 valence electrons. The van der Waals surface area contributed by atoms with Crippen LogP contribution in [0.5, 0.6) is 0 Å². The third-order valence-electron chi connectivity index (χ3n) is 9.97. The largest absolute Gasteiger partial charge is 0.455 e. The quantitative estimate of drug-likeness (QED) is 0.202. The van der Waals surface area contributed by atoms with E-state index in [1.54, 1.807) is 0 Å². The van der Waals surface area contributed by atoms with Crippen molar-refractivity contribution in [2.24, 2.45) is 9.98 Å². The summed E-state index contributed by atoms with van der Waals surface area (Å²) in [4.78, 5) is 10.4. The molecule has 0 bridgehead atoms. The second kappa shape index (κ2) is 11.0. The lowest BCUT2D eigenvalue weighted by atomic mass is 10.00. The van der Waals surface area contributed by atoms with Gasteiger partial charge >= 0.3 is 0 Å². The van der Waals surface area contributed by atoms with E-state index in [1.165, 1.54) is 25.7 Å². The smallest absolute Gasteiger partial charge is 0.163 e. The monoisotopic (exact) mass is 673 g/mol. The highest BCUT2D eigenvalue weighted by molar-refractivity contribution is 7.26. The van der Waals surface area contributed by atoms with Crippen LogP contribution in [0, 0.1) is 0 Å². The minimum absolute atomic E-state index is 0.320. The molecule has 10 aromatic rings. The summed E-state index contributed by atoms with van der Waals surface area (Å²) >= 11 is 1.81. The lowest BCUT2D eigenvalue weighted by Crippen LogP contribution is -2.33. The van der Waals surface area contributed by atoms with Crippen molar-refractivity contribution in [1.29, 1.82) is 0 Å². The summed E-state index contributed by atoms with van der Waals surface area (Å²) in [6.45, 7) is 0. The minimum atomic E-state index is -0.320. The Morgan fingerprint density at radius 3 is 1.86 bits per heavy atom. The Balaban J connectivity index is 1.07. The van der Waals surface area contributed by atoms with Crippen molar-refractivity contribution in [2.75, 3.05) is 0 Å². The molecule has 0 spiro atoms. The molecule has 0 amide bonds. The van der Waals surface area contributed by atoms with E-state index in [0.29, 0.717) is 5.84 Å². The van der Waals surface area contributed by atoms with Gasteiger partial charge in [-0.05, 0) is 42.0 Å². The molecule has 0 saturated heterocycles. The van der Waals surface area contributed by atoms with Crippen molar-refractivity contribution < 1.29 is 8.83 Å². The van der Waals surface area contributed by atoms with E-state index in [4.69, 9.17) is 18.8 Å². The molecule has 1 aliphatic heterocycles. The van der Waals surface area contributed by atoms with Crippen molar-refractivity contribution in [3.8, 4) is 11.1 Å². The number of hydrogen-bond donors (Lipinski definition) is 1. The van der Waals surface area contributed by atoms with Gasteiger partial charge in [0.1, 0.15) is 34.3 Å². The van der Waals surface area contributed by atoms with Crippen LogP contribution in [0.3, 0.4) is 0 Å². The number of rotatable bonds is 4. The first-order valence-corrected chi connectivity index (χ1v) is 17.8. The topological polar surface area (TPSA) is 63.0 Å². The van der Waals surface area contributed by atoms with Gasteiger partial charge in [-0.2, -0.15) is 0 Å². The number of amidine groups is 2. The molecule has 4 heterocycles. The molecule has 0 fully saturated rings. The van der Waals surface area contributed by atoms with Crippen molar-refractivity contribution in [2.45, 2.75) is 6.17 Å². The Kier molecular flexibility index (Phi) is 6.12. The Morgan fingerprint density at radius 1 is 0.510 bits per heavy atom. The molecule has 7 aromatic carbocycles. The molecule has 11 rings (SSSR count). The lowest BCUT2D eigenvalue weighted by molar-refractivity contribution is 0.663. The number of nitrogens with zero attached hydrogens (tertiary/aromatic N) is 2. The predicted octanol–water partition coefficient (Wildman–Crippen LogP) is 12.0. The van der Waals surface area contributed by atoms with Gasteiger partial charge in [0.05, 0.1) is 5.56 Å². The van der Waals surface area contributed by atoms with Gasteiger partial charge < -0.3 is 14.2 Å². The summed E-state index contributed by atoms with van der Waals surface area (Å²) in [7, 11) is 0. The molecular formula is C45H27N3O2S. The van der Waals surface area contributed by atoms with Crippen LogP contribution in [0.25, 0.3) is 75.2 Å². The van der Waals surface area contributed by atoms with Gasteiger partial charge in [0.25, 0.3) is 0 Å². The zero-order valence-corrected chi connectivity index (χ0v) is 27.9. The first-order valence-electron chi connectivity index (χ1n) is 17.0. The fourth-order valence-corrected chi connectivity index (χ4v) is 8.77. The lowest BCUT2D eigenvalue weighted by Gasteiger charge is -2.23. The average Bonchev–Trinajstić information content (AvgIpc) is 3.89. The maximum absolute atomic E-state index is 6.46. The average molecular weight is 674 g/mol. The molecule has 0 aliphatic carbocycles. The predicted molar refractivity (Wildman–Crippen MR) is 211 cm³/mol. The fourth-order valence-electron chi connectivity index (χ4n) is 7.56. The van der Waals surface area contributed by atoms with Crippen LogP contribution >= 0.6 is 11.3 Å². The van der Waals surface area contributed by atoms with E-state index in [2.05, 4.69) is 108 Å². The SMILES string of the molecule is c1ccc(C2N=C(c3cccc4c3oc3ccccc34)N=C(c3ccc4sc5c(-c6cccc7c6oc6ccccc67)cccc5c4c3)N2)cc1. The first kappa shape index (κ1) is 28.3. The Bertz CT molecular complexity index is 3070. The first-order chi connectivity index (χ1) is 25.3. The van der Waals surface area contributed by atoms with Crippen LogP contribution in [0.2, 0.25) is 0 Å². The van der Waals surface area contributed by atoms with Crippen molar-refractivity contribution in [1.82, 2.24) is 5.32 Å². The summed E-state index contributed by atoms with van der Waals surface area (Å²) in [5.74, 6) is 1.41. The normalized spacial score (nSPS) is 14.9. The molecule has 1 atom stereocenters. The Hall–Kier alpha value is -6.50. The number of nitrogens with one attached hydrogen (secondary N) is 1. The number of fused-ring (bicyclic) bond motifs is 9. The molecule has 1 aliphatic rings. The molecule has 1 N–H and O–H groups in total. The highest BCUT2D eigenvalue weighted by Crippen LogP contribution is 2.44. The van der Waals surface area contributed by atoms with E-state index < -0.39 is 0 Å². The maximum Gasteiger partial charge on any atom is 0.163 e. The van der Waals surface area contributed by atoms with Gasteiger partial charge in [-0.25, -0.2) is 9.98 Å². The maximum atomic E-state index is 6.46. The second-order valence-electron chi connectivity index (χ2n) is 12.9. The number of para-hydroxylation sites is 4. The van der Waals surface area contributed by atoms with Crippen LogP contribution in [0.1, 0.15) is 22.9 Å². The third-order valence-corrected chi connectivity index (χ3v) is 11.2. The molecule has 0 saturated carbocycles. The number of furan rings is 2. The van der Waals surface area contributed by atoms with Crippen LogP contribution in [-0.4, -0.2) is 11.7 Å². The van der Waals surface area contributed by atoms with Crippen molar-refractivity contribution >= 4 is 87.1 Å². The summed E-state index contributed by atoms with van der Waals surface area (Å²) in [6.07, 6.45) is -0.320. The number of aliphatic imine (C=N–C) groups is 2. The summed E-state index contributed by atoms with van der Waals surface area (Å²) in [5.41, 5.74) is 8.67. The zero-order chi connectivity index (χ0) is 33.5. The van der Waals surface area contributed by atoms with Crippen molar-refractivity contribution in [3.05, 3.63) is 168 Å². The number of benzene rings is 7. The van der Waals surface area contributed by atoms with Crippen LogP contribution in [0.15, 0.2) is 170 Å². The van der Waals surface area contributed by atoms with Gasteiger partial charge in [-0.1, -0.05) is 115 Å². The van der Waals surface area contributed by atoms with Gasteiger partial charge in [-0.3, -0.25) is 0 Å². The van der Waals surface area contributed by atoms with Gasteiger partial charge in [0.15, 0.2) is 5.84 Å². The van der Waals surface area contributed by atoms with Gasteiger partial charge in [0.2, 0.25) is 0 Å². The third kappa shape index (κ3) is 4.40. The molecule has 5 nitrogen and oxygen atoms in total. The fraction of sp³-hybridized carbons (Fsp3) is 0.0222.